The second kappa shape index (κ2) is 13.0. The summed E-state index contributed by atoms with van der Waals surface area (Å²) < 4.78 is 0. The molecule has 0 aliphatic rings. The lowest BCUT2D eigenvalue weighted by Crippen LogP contribution is -1.87. The molecular formula is C18H33NO. The molecule has 1 aromatic carbocycles. The number of para-hydroxylation sites is 1. The van der Waals surface area contributed by atoms with Crippen LogP contribution in [0, 0.1) is 0 Å². The van der Waals surface area contributed by atoms with Crippen molar-refractivity contribution in [3.05, 3.63) is 29.8 Å². The first-order valence-corrected chi connectivity index (χ1v) is 8.11. The van der Waals surface area contributed by atoms with Crippen LogP contribution >= 0.6 is 0 Å². The molecule has 0 spiro atoms. The molecule has 0 aliphatic heterocycles. The van der Waals surface area contributed by atoms with Gasteiger partial charge >= 0.3 is 0 Å². The molecule has 0 bridgehead atoms. The van der Waals surface area contributed by atoms with Gasteiger partial charge in [0.25, 0.3) is 0 Å². The zero-order valence-electron chi connectivity index (χ0n) is 13.2. The molecule has 116 valence electrons. The topological polar surface area (TPSA) is 55.2 Å². The fourth-order valence-corrected chi connectivity index (χ4v) is 2.53. The summed E-state index contributed by atoms with van der Waals surface area (Å²) in [5.41, 5.74) is 1.10. The summed E-state index contributed by atoms with van der Waals surface area (Å²) in [5, 5.41) is 9.65. The number of hydrogen-bond acceptors (Lipinski definition) is 2. The van der Waals surface area contributed by atoms with Crippen molar-refractivity contribution in [2.75, 3.05) is 0 Å². The highest BCUT2D eigenvalue weighted by molar-refractivity contribution is 5.31. The number of hydrogen-bond donors (Lipinski definition) is 2. The van der Waals surface area contributed by atoms with E-state index in [-0.39, 0.29) is 6.15 Å². The Bertz CT molecular complexity index is 325. The summed E-state index contributed by atoms with van der Waals surface area (Å²) in [6, 6.07) is 7.71. The lowest BCUT2D eigenvalue weighted by molar-refractivity contribution is 0.466. The molecule has 2 nitrogen and oxygen atoms in total. The third-order valence-corrected chi connectivity index (χ3v) is 3.79. The maximum atomic E-state index is 9.65. The number of aryl methyl sites for hydroxylation is 1. The average molecular weight is 279 g/mol. The first-order valence-electron chi connectivity index (χ1n) is 8.11. The molecule has 1 rings (SSSR count). The summed E-state index contributed by atoms with van der Waals surface area (Å²) in [6.07, 6.45) is 14.6. The molecule has 1 aromatic rings. The smallest absolute Gasteiger partial charge is 0.118 e. The maximum Gasteiger partial charge on any atom is 0.118 e. The van der Waals surface area contributed by atoms with E-state index in [1.807, 2.05) is 18.2 Å². The third-order valence-electron chi connectivity index (χ3n) is 3.79. The van der Waals surface area contributed by atoms with Gasteiger partial charge in [-0.2, -0.15) is 0 Å². The van der Waals surface area contributed by atoms with Crippen LogP contribution in [0.15, 0.2) is 24.3 Å². The van der Waals surface area contributed by atoms with Gasteiger partial charge in [-0.1, -0.05) is 82.9 Å². The molecule has 0 unspecified atom stereocenters. The monoisotopic (exact) mass is 279 g/mol. The Balaban J connectivity index is 0.00000361. The largest absolute Gasteiger partial charge is 0.508 e. The minimum atomic E-state index is 0. The van der Waals surface area contributed by atoms with Gasteiger partial charge in [-0.3, -0.25) is 0 Å². The third kappa shape index (κ3) is 8.98. The summed E-state index contributed by atoms with van der Waals surface area (Å²) in [6.45, 7) is 2.27. The van der Waals surface area contributed by atoms with Crippen LogP contribution in [0.25, 0.3) is 0 Å². The molecule has 0 aliphatic carbocycles. The van der Waals surface area contributed by atoms with Crippen LogP contribution < -0.4 is 6.15 Å². The van der Waals surface area contributed by atoms with Crippen molar-refractivity contribution < 1.29 is 5.11 Å². The van der Waals surface area contributed by atoms with Crippen LogP contribution in [0.3, 0.4) is 0 Å². The van der Waals surface area contributed by atoms with E-state index >= 15 is 0 Å². The molecule has 0 radical (unpaired) electrons. The number of unbranched alkanes of at least 4 members (excludes halogenated alkanes) is 9. The number of phenols is 1. The second-order valence-corrected chi connectivity index (χ2v) is 5.56. The summed E-state index contributed by atoms with van der Waals surface area (Å²) in [7, 11) is 0. The molecule has 0 saturated carbocycles. The Kier molecular flexibility index (Phi) is 12.3. The van der Waals surface area contributed by atoms with Crippen LogP contribution in [0.4, 0.5) is 0 Å². The maximum absolute atomic E-state index is 9.65. The van der Waals surface area contributed by atoms with Crippen LogP contribution in [0.1, 0.15) is 76.7 Å². The number of phenolic OH excluding ortho intramolecular Hbond substituents is 1. The lowest BCUT2D eigenvalue weighted by Gasteiger charge is -2.04. The first kappa shape index (κ1) is 19.0. The van der Waals surface area contributed by atoms with Crippen molar-refractivity contribution >= 4 is 0 Å². The van der Waals surface area contributed by atoms with E-state index in [9.17, 15) is 5.11 Å². The Morgan fingerprint density at radius 2 is 1.25 bits per heavy atom. The van der Waals surface area contributed by atoms with Gasteiger partial charge in [0.05, 0.1) is 0 Å². The molecule has 2 heteroatoms. The predicted molar refractivity (Wildman–Crippen MR) is 88.7 cm³/mol. The number of rotatable bonds is 11. The first-order chi connectivity index (χ1) is 9.34. The quantitative estimate of drug-likeness (QED) is 0.487. The summed E-state index contributed by atoms with van der Waals surface area (Å²) in [5.74, 6) is 0.457. The summed E-state index contributed by atoms with van der Waals surface area (Å²) >= 11 is 0. The number of benzene rings is 1. The lowest BCUT2D eigenvalue weighted by atomic mass is 10.0. The molecule has 4 N–H and O–H groups in total. The van der Waals surface area contributed by atoms with Gasteiger partial charge in [0.15, 0.2) is 0 Å². The second-order valence-electron chi connectivity index (χ2n) is 5.56. The molecule has 0 aromatic heterocycles. The van der Waals surface area contributed by atoms with Crippen molar-refractivity contribution in [1.29, 1.82) is 0 Å². The fraction of sp³-hybridized carbons (Fsp3) is 0.667. The van der Waals surface area contributed by atoms with E-state index in [4.69, 9.17) is 0 Å². The Hall–Kier alpha value is -1.02. The Morgan fingerprint density at radius 1 is 0.750 bits per heavy atom. The van der Waals surface area contributed by atoms with Crippen LogP contribution in [-0.4, -0.2) is 5.11 Å². The van der Waals surface area contributed by atoms with Gasteiger partial charge in [-0.05, 0) is 24.5 Å². The van der Waals surface area contributed by atoms with E-state index in [0.29, 0.717) is 5.75 Å². The van der Waals surface area contributed by atoms with Gasteiger partial charge < -0.3 is 11.3 Å². The van der Waals surface area contributed by atoms with E-state index in [0.717, 1.165) is 12.0 Å². The minimum Gasteiger partial charge on any atom is -0.508 e. The Morgan fingerprint density at radius 3 is 1.80 bits per heavy atom. The normalized spacial score (nSPS) is 10.2. The highest BCUT2D eigenvalue weighted by Crippen LogP contribution is 2.19. The van der Waals surface area contributed by atoms with E-state index in [1.54, 1.807) is 6.07 Å². The molecular weight excluding hydrogens is 246 g/mol. The zero-order chi connectivity index (χ0) is 13.8. The molecule has 0 heterocycles. The fourth-order valence-electron chi connectivity index (χ4n) is 2.53. The standard InChI is InChI=1S/C18H30O.H3N/c1-2-3-4-5-6-7-8-9-10-11-14-17-15-12-13-16-18(17)19;/h12-13,15-16,19H,2-11,14H2,1H3;1H3. The van der Waals surface area contributed by atoms with Gasteiger partial charge in [-0.25, -0.2) is 0 Å². The Labute approximate surface area is 125 Å². The van der Waals surface area contributed by atoms with Crippen LogP contribution in [0.2, 0.25) is 0 Å². The van der Waals surface area contributed by atoms with E-state index in [1.165, 1.54) is 64.2 Å². The molecule has 0 amide bonds. The van der Waals surface area contributed by atoms with Crippen molar-refractivity contribution in [2.45, 2.75) is 77.6 Å². The molecule has 0 fully saturated rings. The van der Waals surface area contributed by atoms with Crippen molar-refractivity contribution in [2.24, 2.45) is 0 Å². The highest BCUT2D eigenvalue weighted by atomic mass is 16.3. The van der Waals surface area contributed by atoms with E-state index < -0.39 is 0 Å². The predicted octanol–water partition coefficient (Wildman–Crippen LogP) is 6.02. The minimum absolute atomic E-state index is 0. The molecule has 20 heavy (non-hydrogen) atoms. The molecule has 0 saturated heterocycles. The summed E-state index contributed by atoms with van der Waals surface area (Å²) in [4.78, 5) is 0. The van der Waals surface area contributed by atoms with Gasteiger partial charge in [-0.15, -0.1) is 0 Å². The average Bonchev–Trinajstić information content (AvgIpc) is 2.43. The van der Waals surface area contributed by atoms with Crippen LogP contribution in [-0.2, 0) is 6.42 Å². The SMILES string of the molecule is CCCCCCCCCCCCc1ccccc1O.N. The number of aromatic hydroxyl groups is 1. The van der Waals surface area contributed by atoms with Crippen molar-refractivity contribution in [3.8, 4) is 5.75 Å². The van der Waals surface area contributed by atoms with E-state index in [2.05, 4.69) is 6.92 Å². The van der Waals surface area contributed by atoms with Gasteiger partial charge in [0.2, 0.25) is 0 Å². The van der Waals surface area contributed by atoms with Gasteiger partial charge in [0, 0.05) is 0 Å². The highest BCUT2D eigenvalue weighted by Gasteiger charge is 1.99. The van der Waals surface area contributed by atoms with Crippen LogP contribution in [0.5, 0.6) is 5.75 Å². The van der Waals surface area contributed by atoms with Crippen molar-refractivity contribution in [3.63, 3.8) is 0 Å². The zero-order valence-corrected chi connectivity index (χ0v) is 13.2. The van der Waals surface area contributed by atoms with Gasteiger partial charge in [0.1, 0.15) is 5.75 Å². The molecule has 0 atom stereocenters. The van der Waals surface area contributed by atoms with Crippen molar-refractivity contribution in [1.82, 2.24) is 6.15 Å².